The van der Waals surface area contributed by atoms with E-state index in [1.165, 1.54) is 44.9 Å². The molecule has 152 valence electrons. The number of aryl methyl sites for hydroxylation is 1. The summed E-state index contributed by atoms with van der Waals surface area (Å²) < 4.78 is 11.1. The lowest BCUT2D eigenvalue weighted by molar-refractivity contribution is 0.103. The molecule has 3 heteroatoms. The van der Waals surface area contributed by atoms with E-state index in [1.54, 1.807) is 13.2 Å². The van der Waals surface area contributed by atoms with Crippen molar-refractivity contribution >= 4 is 5.78 Å². The lowest BCUT2D eigenvalue weighted by Crippen LogP contribution is -2.03. The fraction of sp³-hybridized carbons (Fsp3) is 0.480. The molecule has 0 aliphatic heterocycles. The maximum atomic E-state index is 12.7. The second-order valence-electron chi connectivity index (χ2n) is 7.36. The molecule has 0 saturated carbocycles. The van der Waals surface area contributed by atoms with Crippen LogP contribution >= 0.6 is 0 Å². The summed E-state index contributed by atoms with van der Waals surface area (Å²) in [6.07, 6.45) is 10.3. The molecule has 0 bridgehead atoms. The lowest BCUT2D eigenvalue weighted by atomic mass is 10.0. The minimum atomic E-state index is -0.00655. The van der Waals surface area contributed by atoms with Crippen LogP contribution in [-0.4, -0.2) is 19.5 Å². The molecule has 0 fully saturated rings. The Labute approximate surface area is 170 Å². The van der Waals surface area contributed by atoms with Gasteiger partial charge in [-0.2, -0.15) is 0 Å². The molecule has 0 atom stereocenters. The van der Waals surface area contributed by atoms with E-state index in [0.29, 0.717) is 11.1 Å². The number of ether oxygens (including phenoxy) is 2. The highest BCUT2D eigenvalue weighted by Crippen LogP contribution is 2.22. The average molecular weight is 383 g/mol. The van der Waals surface area contributed by atoms with E-state index in [2.05, 4.69) is 6.92 Å². The number of hydrogen-bond acceptors (Lipinski definition) is 3. The molecule has 3 nitrogen and oxygen atoms in total. The van der Waals surface area contributed by atoms with Crippen molar-refractivity contribution < 1.29 is 14.3 Å². The van der Waals surface area contributed by atoms with Crippen LogP contribution in [0.3, 0.4) is 0 Å². The molecule has 2 aromatic rings. The number of unbranched alkanes of at least 4 members (excludes halogenated alkanes) is 7. The quantitative estimate of drug-likeness (QED) is 0.284. The van der Waals surface area contributed by atoms with Crippen molar-refractivity contribution in [2.24, 2.45) is 0 Å². The number of carbonyl (C=O) groups excluding carboxylic acids is 1. The van der Waals surface area contributed by atoms with Crippen LogP contribution in [0, 0.1) is 6.92 Å². The van der Waals surface area contributed by atoms with Crippen LogP contribution in [0.15, 0.2) is 42.5 Å². The van der Waals surface area contributed by atoms with Crippen LogP contribution in [0.1, 0.15) is 79.8 Å². The van der Waals surface area contributed by atoms with E-state index in [1.807, 2.05) is 43.3 Å². The van der Waals surface area contributed by atoms with Gasteiger partial charge in [-0.05, 0) is 49.2 Å². The summed E-state index contributed by atoms with van der Waals surface area (Å²) in [6, 6.07) is 13.0. The Balaban J connectivity index is 1.75. The third kappa shape index (κ3) is 7.03. The van der Waals surface area contributed by atoms with Crippen molar-refractivity contribution in [2.75, 3.05) is 13.7 Å². The van der Waals surface area contributed by atoms with Crippen molar-refractivity contribution in [1.29, 1.82) is 0 Å². The summed E-state index contributed by atoms with van der Waals surface area (Å²) in [6.45, 7) is 4.95. The van der Waals surface area contributed by atoms with Gasteiger partial charge in [-0.3, -0.25) is 4.79 Å². The van der Waals surface area contributed by atoms with E-state index in [9.17, 15) is 4.79 Å². The van der Waals surface area contributed by atoms with Crippen molar-refractivity contribution in [2.45, 2.75) is 65.2 Å². The first-order valence-electron chi connectivity index (χ1n) is 10.6. The molecule has 0 N–H and O–H groups in total. The van der Waals surface area contributed by atoms with Gasteiger partial charge in [0, 0.05) is 11.1 Å². The second kappa shape index (κ2) is 12.2. The monoisotopic (exact) mass is 382 g/mol. The Morgan fingerprint density at radius 1 is 0.821 bits per heavy atom. The highest BCUT2D eigenvalue weighted by Gasteiger charge is 2.11. The number of methoxy groups -OCH3 is 1. The molecule has 0 heterocycles. The first kappa shape index (κ1) is 22.0. The number of ketones is 1. The van der Waals surface area contributed by atoms with Crippen molar-refractivity contribution in [3.8, 4) is 11.5 Å². The molecule has 2 rings (SSSR count). The summed E-state index contributed by atoms with van der Waals surface area (Å²) in [4.78, 5) is 12.7. The molecule has 0 saturated heterocycles. The minimum Gasteiger partial charge on any atom is -0.496 e. The molecular weight excluding hydrogens is 348 g/mol. The lowest BCUT2D eigenvalue weighted by Gasteiger charge is -2.09. The Morgan fingerprint density at radius 2 is 1.43 bits per heavy atom. The molecule has 0 radical (unpaired) electrons. The van der Waals surface area contributed by atoms with Gasteiger partial charge in [0.1, 0.15) is 11.5 Å². The number of hydrogen-bond donors (Lipinski definition) is 0. The summed E-state index contributed by atoms with van der Waals surface area (Å²) in [5.74, 6) is 1.55. The van der Waals surface area contributed by atoms with E-state index in [0.717, 1.165) is 30.1 Å². The zero-order chi connectivity index (χ0) is 20.2. The van der Waals surface area contributed by atoms with Gasteiger partial charge in [0.2, 0.25) is 0 Å². The summed E-state index contributed by atoms with van der Waals surface area (Å²) >= 11 is 0. The molecule has 2 aromatic carbocycles. The third-order valence-electron chi connectivity index (χ3n) is 5.05. The van der Waals surface area contributed by atoms with Crippen LogP contribution < -0.4 is 9.47 Å². The van der Waals surface area contributed by atoms with Gasteiger partial charge in [-0.25, -0.2) is 0 Å². The van der Waals surface area contributed by atoms with Crippen LogP contribution in [-0.2, 0) is 0 Å². The maximum Gasteiger partial charge on any atom is 0.193 e. The van der Waals surface area contributed by atoms with E-state index < -0.39 is 0 Å². The Kier molecular flexibility index (Phi) is 9.61. The molecule has 0 amide bonds. The molecule has 0 aliphatic carbocycles. The number of carbonyl (C=O) groups is 1. The van der Waals surface area contributed by atoms with Crippen molar-refractivity contribution in [3.63, 3.8) is 0 Å². The van der Waals surface area contributed by atoms with Gasteiger partial charge in [0.15, 0.2) is 5.78 Å². The SMILES string of the molecule is CCCCCCCCCCOc1ccc(C(=O)c2ccc(C)c(OC)c2)cc1. The Bertz CT molecular complexity index is 719. The maximum absolute atomic E-state index is 12.7. The van der Waals surface area contributed by atoms with Crippen LogP contribution in [0.2, 0.25) is 0 Å². The normalized spacial score (nSPS) is 10.7. The van der Waals surface area contributed by atoms with Gasteiger partial charge in [-0.15, -0.1) is 0 Å². The van der Waals surface area contributed by atoms with Gasteiger partial charge in [-0.1, -0.05) is 64.0 Å². The fourth-order valence-electron chi connectivity index (χ4n) is 3.26. The average Bonchev–Trinajstić information content (AvgIpc) is 2.73. The highest BCUT2D eigenvalue weighted by molar-refractivity contribution is 6.09. The van der Waals surface area contributed by atoms with Crippen LogP contribution in [0.25, 0.3) is 0 Å². The minimum absolute atomic E-state index is 0.00655. The fourth-order valence-corrected chi connectivity index (χ4v) is 3.26. The van der Waals surface area contributed by atoms with Gasteiger partial charge in [0.05, 0.1) is 13.7 Å². The summed E-state index contributed by atoms with van der Waals surface area (Å²) in [7, 11) is 1.62. The Morgan fingerprint density at radius 3 is 2.07 bits per heavy atom. The topological polar surface area (TPSA) is 35.5 Å². The summed E-state index contributed by atoms with van der Waals surface area (Å²) in [5, 5.41) is 0. The smallest absolute Gasteiger partial charge is 0.193 e. The van der Waals surface area contributed by atoms with E-state index >= 15 is 0 Å². The van der Waals surface area contributed by atoms with Crippen molar-refractivity contribution in [1.82, 2.24) is 0 Å². The molecular formula is C25H34O3. The number of rotatable bonds is 13. The zero-order valence-corrected chi connectivity index (χ0v) is 17.6. The molecule has 0 aromatic heterocycles. The van der Waals surface area contributed by atoms with Gasteiger partial charge < -0.3 is 9.47 Å². The summed E-state index contributed by atoms with van der Waals surface area (Å²) in [5.41, 5.74) is 2.31. The van der Waals surface area contributed by atoms with Gasteiger partial charge >= 0.3 is 0 Å². The van der Waals surface area contributed by atoms with E-state index in [-0.39, 0.29) is 5.78 Å². The first-order valence-corrected chi connectivity index (χ1v) is 10.6. The first-order chi connectivity index (χ1) is 13.7. The standard InChI is InChI=1S/C25H34O3/c1-4-5-6-7-8-9-10-11-18-28-23-16-14-21(15-17-23)25(26)22-13-12-20(2)24(19-22)27-3/h12-17,19H,4-11,18H2,1-3H3. The molecule has 0 unspecified atom stereocenters. The van der Waals surface area contributed by atoms with Crippen LogP contribution in [0.4, 0.5) is 0 Å². The zero-order valence-electron chi connectivity index (χ0n) is 17.6. The molecule has 0 aliphatic rings. The molecule has 28 heavy (non-hydrogen) atoms. The largest absolute Gasteiger partial charge is 0.496 e. The predicted octanol–water partition coefficient (Wildman–Crippen LogP) is 6.75. The van der Waals surface area contributed by atoms with Crippen LogP contribution in [0.5, 0.6) is 11.5 Å². The Hall–Kier alpha value is -2.29. The van der Waals surface area contributed by atoms with Gasteiger partial charge in [0.25, 0.3) is 0 Å². The predicted molar refractivity (Wildman–Crippen MR) is 116 cm³/mol. The third-order valence-corrected chi connectivity index (χ3v) is 5.05. The molecule has 0 spiro atoms. The van der Waals surface area contributed by atoms with E-state index in [4.69, 9.17) is 9.47 Å². The van der Waals surface area contributed by atoms with Crippen molar-refractivity contribution in [3.05, 3.63) is 59.2 Å². The second-order valence-corrected chi connectivity index (χ2v) is 7.36. The number of benzene rings is 2. The highest BCUT2D eigenvalue weighted by atomic mass is 16.5.